The fourth-order valence-electron chi connectivity index (χ4n) is 0.571. The normalized spacial score (nSPS) is 12.0. The highest BCUT2D eigenvalue weighted by atomic mass is 35.5. The zero-order valence-corrected chi connectivity index (χ0v) is 7.22. The SMILES string of the molecule is CC(C)(N)c1noc(CCl)n1. The molecule has 11 heavy (non-hydrogen) atoms. The van der Waals surface area contributed by atoms with Crippen molar-refractivity contribution in [3.63, 3.8) is 0 Å². The molecule has 62 valence electrons. The van der Waals surface area contributed by atoms with Crippen LogP contribution in [0.1, 0.15) is 25.6 Å². The molecule has 1 aromatic rings. The van der Waals surface area contributed by atoms with E-state index in [-0.39, 0.29) is 5.88 Å². The highest BCUT2D eigenvalue weighted by Crippen LogP contribution is 2.12. The van der Waals surface area contributed by atoms with Gasteiger partial charge in [-0.1, -0.05) is 5.16 Å². The first-order valence-electron chi connectivity index (χ1n) is 3.22. The molecule has 0 amide bonds. The van der Waals surface area contributed by atoms with E-state index < -0.39 is 5.54 Å². The van der Waals surface area contributed by atoms with Crippen LogP contribution in [0.15, 0.2) is 4.52 Å². The molecule has 0 spiro atoms. The molecule has 1 heterocycles. The second-order valence-corrected chi connectivity index (χ2v) is 3.13. The minimum Gasteiger partial charge on any atom is -0.338 e. The van der Waals surface area contributed by atoms with E-state index in [1.165, 1.54) is 0 Å². The van der Waals surface area contributed by atoms with Crippen LogP contribution in [0.5, 0.6) is 0 Å². The Morgan fingerprint density at radius 3 is 2.55 bits per heavy atom. The topological polar surface area (TPSA) is 64.9 Å². The first-order valence-corrected chi connectivity index (χ1v) is 3.75. The lowest BCUT2D eigenvalue weighted by molar-refractivity contribution is 0.369. The molecule has 0 saturated carbocycles. The van der Waals surface area contributed by atoms with E-state index in [2.05, 4.69) is 10.1 Å². The lowest BCUT2D eigenvalue weighted by atomic mass is 10.1. The van der Waals surface area contributed by atoms with Crippen molar-refractivity contribution in [3.8, 4) is 0 Å². The molecule has 5 heteroatoms. The molecule has 0 atom stereocenters. The van der Waals surface area contributed by atoms with Crippen LogP contribution in [-0.2, 0) is 11.4 Å². The second-order valence-electron chi connectivity index (χ2n) is 2.87. The van der Waals surface area contributed by atoms with Gasteiger partial charge in [-0.3, -0.25) is 0 Å². The Balaban J connectivity index is 2.89. The second kappa shape index (κ2) is 2.79. The minimum absolute atomic E-state index is 0.225. The maximum absolute atomic E-state index is 5.70. The zero-order valence-electron chi connectivity index (χ0n) is 6.47. The van der Waals surface area contributed by atoms with E-state index in [4.69, 9.17) is 21.9 Å². The van der Waals surface area contributed by atoms with Crippen molar-refractivity contribution in [2.75, 3.05) is 0 Å². The molecular weight excluding hydrogens is 166 g/mol. The first kappa shape index (κ1) is 8.49. The van der Waals surface area contributed by atoms with Gasteiger partial charge in [-0.15, -0.1) is 11.6 Å². The number of nitrogens with two attached hydrogens (primary N) is 1. The molecule has 0 aliphatic heterocycles. The molecule has 0 fully saturated rings. The fourth-order valence-corrected chi connectivity index (χ4v) is 0.679. The third-order valence-corrected chi connectivity index (χ3v) is 1.39. The summed E-state index contributed by atoms with van der Waals surface area (Å²) in [7, 11) is 0. The van der Waals surface area contributed by atoms with Crippen molar-refractivity contribution in [2.45, 2.75) is 25.3 Å². The van der Waals surface area contributed by atoms with Gasteiger partial charge in [0, 0.05) is 0 Å². The Bertz CT molecular complexity index is 240. The van der Waals surface area contributed by atoms with Gasteiger partial charge in [0.1, 0.15) is 5.88 Å². The van der Waals surface area contributed by atoms with E-state index in [0.29, 0.717) is 11.7 Å². The minimum atomic E-state index is -0.562. The van der Waals surface area contributed by atoms with Crippen LogP contribution in [0.3, 0.4) is 0 Å². The number of halogens is 1. The van der Waals surface area contributed by atoms with Gasteiger partial charge in [0.05, 0.1) is 5.54 Å². The Morgan fingerprint density at radius 2 is 2.27 bits per heavy atom. The number of aromatic nitrogens is 2. The molecule has 1 aromatic heterocycles. The molecule has 0 radical (unpaired) electrons. The third kappa shape index (κ3) is 1.91. The van der Waals surface area contributed by atoms with E-state index in [1.807, 2.05) is 0 Å². The molecule has 0 saturated heterocycles. The maximum Gasteiger partial charge on any atom is 0.241 e. The Kier molecular flexibility index (Phi) is 2.15. The average Bonchev–Trinajstić information content (AvgIpc) is 2.32. The largest absolute Gasteiger partial charge is 0.338 e. The summed E-state index contributed by atoms with van der Waals surface area (Å²) in [6, 6.07) is 0. The van der Waals surface area contributed by atoms with Crippen LogP contribution < -0.4 is 5.73 Å². The van der Waals surface area contributed by atoms with E-state index in [0.717, 1.165) is 0 Å². The van der Waals surface area contributed by atoms with Crippen LogP contribution >= 0.6 is 11.6 Å². The number of hydrogen-bond donors (Lipinski definition) is 1. The van der Waals surface area contributed by atoms with Crippen LogP contribution in [0.25, 0.3) is 0 Å². The summed E-state index contributed by atoms with van der Waals surface area (Å²) in [6.45, 7) is 3.60. The van der Waals surface area contributed by atoms with Crippen LogP contribution in [0, 0.1) is 0 Å². The van der Waals surface area contributed by atoms with Gasteiger partial charge in [0.25, 0.3) is 0 Å². The highest BCUT2D eigenvalue weighted by Gasteiger charge is 2.20. The zero-order chi connectivity index (χ0) is 8.48. The number of hydrogen-bond acceptors (Lipinski definition) is 4. The number of rotatable bonds is 2. The monoisotopic (exact) mass is 175 g/mol. The van der Waals surface area contributed by atoms with Crippen molar-refractivity contribution in [1.29, 1.82) is 0 Å². The summed E-state index contributed by atoms with van der Waals surface area (Å²) in [6.07, 6.45) is 0. The summed E-state index contributed by atoms with van der Waals surface area (Å²) in [5.74, 6) is 1.11. The van der Waals surface area contributed by atoms with Gasteiger partial charge in [-0.05, 0) is 13.8 Å². The summed E-state index contributed by atoms with van der Waals surface area (Å²) >= 11 is 5.45. The van der Waals surface area contributed by atoms with E-state index in [1.54, 1.807) is 13.8 Å². The third-order valence-electron chi connectivity index (χ3n) is 1.16. The molecule has 0 unspecified atom stereocenters. The van der Waals surface area contributed by atoms with E-state index >= 15 is 0 Å². The Labute approximate surface area is 69.7 Å². The standard InChI is InChI=1S/C6H10ClN3O/c1-6(2,8)5-9-4(3-7)11-10-5/h3,8H2,1-2H3. The van der Waals surface area contributed by atoms with E-state index in [9.17, 15) is 0 Å². The summed E-state index contributed by atoms with van der Waals surface area (Å²) in [5, 5.41) is 3.66. The van der Waals surface area contributed by atoms with Crippen LogP contribution in [-0.4, -0.2) is 10.1 Å². The quantitative estimate of drug-likeness (QED) is 0.682. The van der Waals surface area contributed by atoms with Crippen molar-refractivity contribution in [1.82, 2.24) is 10.1 Å². The smallest absolute Gasteiger partial charge is 0.241 e. The van der Waals surface area contributed by atoms with Crippen molar-refractivity contribution < 1.29 is 4.52 Å². The van der Waals surface area contributed by atoms with Gasteiger partial charge in [0.15, 0.2) is 5.82 Å². The molecule has 2 N–H and O–H groups in total. The molecule has 0 bridgehead atoms. The van der Waals surface area contributed by atoms with Gasteiger partial charge < -0.3 is 10.3 Å². The Morgan fingerprint density at radius 1 is 1.64 bits per heavy atom. The summed E-state index contributed by atoms with van der Waals surface area (Å²) in [4.78, 5) is 3.97. The maximum atomic E-state index is 5.70. The first-order chi connectivity index (χ1) is 5.04. The Hall–Kier alpha value is -0.610. The number of alkyl halides is 1. The summed E-state index contributed by atoms with van der Waals surface area (Å²) < 4.78 is 4.77. The van der Waals surface area contributed by atoms with Crippen molar-refractivity contribution in [3.05, 3.63) is 11.7 Å². The van der Waals surface area contributed by atoms with Gasteiger partial charge in [0.2, 0.25) is 5.89 Å². The predicted molar refractivity (Wildman–Crippen MR) is 41.1 cm³/mol. The predicted octanol–water partition coefficient (Wildman–Crippen LogP) is 1.00. The molecule has 1 rings (SSSR count). The molecular formula is C6H10ClN3O. The average molecular weight is 176 g/mol. The van der Waals surface area contributed by atoms with Gasteiger partial charge in [-0.25, -0.2) is 0 Å². The molecule has 4 nitrogen and oxygen atoms in total. The molecule has 0 aromatic carbocycles. The van der Waals surface area contributed by atoms with Crippen LogP contribution in [0.2, 0.25) is 0 Å². The highest BCUT2D eigenvalue weighted by molar-refractivity contribution is 6.16. The fraction of sp³-hybridized carbons (Fsp3) is 0.667. The van der Waals surface area contributed by atoms with Crippen LogP contribution in [0.4, 0.5) is 0 Å². The van der Waals surface area contributed by atoms with Crippen molar-refractivity contribution >= 4 is 11.6 Å². The van der Waals surface area contributed by atoms with Crippen molar-refractivity contribution in [2.24, 2.45) is 5.73 Å². The lowest BCUT2D eigenvalue weighted by Gasteiger charge is -2.11. The van der Waals surface area contributed by atoms with Gasteiger partial charge in [-0.2, -0.15) is 4.98 Å². The van der Waals surface area contributed by atoms with Gasteiger partial charge >= 0.3 is 0 Å². The number of nitrogens with zero attached hydrogens (tertiary/aromatic N) is 2. The molecule has 0 aliphatic rings. The summed E-state index contributed by atoms with van der Waals surface area (Å²) in [5.41, 5.74) is 5.14. The lowest BCUT2D eigenvalue weighted by Crippen LogP contribution is -2.30. The molecule has 0 aliphatic carbocycles.